The fraction of sp³-hybridized carbons (Fsp3) is 0.250. The number of carbonyl (C=O) groups is 1. The molecule has 7 nitrogen and oxygen atoms in total. The number of piperazine rings is 1. The third kappa shape index (κ3) is 3.47. The van der Waals surface area contributed by atoms with Crippen molar-refractivity contribution >= 4 is 32.6 Å². The van der Waals surface area contributed by atoms with Gasteiger partial charge in [-0.1, -0.05) is 0 Å². The Morgan fingerprint density at radius 2 is 1.72 bits per heavy atom. The van der Waals surface area contributed by atoms with E-state index in [1.165, 1.54) is 34.6 Å². The van der Waals surface area contributed by atoms with Crippen LogP contribution in [0.3, 0.4) is 0 Å². The van der Waals surface area contributed by atoms with Crippen LogP contribution in [0.1, 0.15) is 16.1 Å². The van der Waals surface area contributed by atoms with Crippen molar-refractivity contribution in [1.29, 1.82) is 0 Å². The Balaban J connectivity index is 1.56. The van der Waals surface area contributed by atoms with E-state index in [1.54, 1.807) is 19.1 Å². The summed E-state index contributed by atoms with van der Waals surface area (Å²) in [7, 11) is -3.74. The highest BCUT2D eigenvalue weighted by molar-refractivity contribution is 7.89. The van der Waals surface area contributed by atoms with Gasteiger partial charge in [-0.15, -0.1) is 0 Å². The smallest absolute Gasteiger partial charge is 0.372 e. The van der Waals surface area contributed by atoms with Crippen LogP contribution < -0.4 is 4.90 Å². The van der Waals surface area contributed by atoms with E-state index < -0.39 is 16.0 Å². The lowest BCUT2D eigenvalue weighted by Crippen LogP contribution is -2.48. The monoisotopic (exact) mass is 418 g/mol. The van der Waals surface area contributed by atoms with E-state index in [-0.39, 0.29) is 16.5 Å². The first-order valence-electron chi connectivity index (χ1n) is 9.04. The number of sulfonamides is 1. The van der Waals surface area contributed by atoms with E-state index in [0.717, 1.165) is 5.69 Å². The Bertz CT molecular complexity index is 1180. The lowest BCUT2D eigenvalue weighted by atomic mass is 10.1. The molecular weight excluding hydrogens is 399 g/mol. The maximum absolute atomic E-state index is 13.1. The van der Waals surface area contributed by atoms with Gasteiger partial charge >= 0.3 is 5.97 Å². The van der Waals surface area contributed by atoms with Gasteiger partial charge in [0.25, 0.3) is 0 Å². The number of carboxylic acid groups (broad SMARTS) is 1. The van der Waals surface area contributed by atoms with E-state index in [2.05, 4.69) is 0 Å². The first-order chi connectivity index (χ1) is 13.8. The summed E-state index contributed by atoms with van der Waals surface area (Å²) in [6.07, 6.45) is 0. The molecule has 0 amide bonds. The molecule has 9 heteroatoms. The zero-order valence-electron chi connectivity index (χ0n) is 15.6. The van der Waals surface area contributed by atoms with Gasteiger partial charge in [-0.05, 0) is 49.4 Å². The Morgan fingerprint density at radius 3 is 2.34 bits per heavy atom. The summed E-state index contributed by atoms with van der Waals surface area (Å²) >= 11 is 0. The van der Waals surface area contributed by atoms with Crippen molar-refractivity contribution in [2.24, 2.45) is 0 Å². The molecule has 152 valence electrons. The van der Waals surface area contributed by atoms with Crippen LogP contribution in [0.2, 0.25) is 0 Å². The molecule has 1 saturated heterocycles. The zero-order valence-corrected chi connectivity index (χ0v) is 16.4. The Morgan fingerprint density at radius 1 is 1.07 bits per heavy atom. The number of halogens is 1. The zero-order chi connectivity index (χ0) is 20.8. The Hall–Kier alpha value is -2.91. The third-order valence-corrected chi connectivity index (χ3v) is 7.06. The lowest BCUT2D eigenvalue weighted by molar-refractivity contribution is 0.0664. The van der Waals surface area contributed by atoms with Crippen molar-refractivity contribution in [2.45, 2.75) is 11.8 Å². The van der Waals surface area contributed by atoms with Gasteiger partial charge in [-0.3, -0.25) is 0 Å². The average Bonchev–Trinajstić information content (AvgIpc) is 3.05. The van der Waals surface area contributed by atoms with E-state index in [9.17, 15) is 22.7 Å². The number of hydrogen-bond acceptors (Lipinski definition) is 5. The molecule has 29 heavy (non-hydrogen) atoms. The molecule has 0 bridgehead atoms. The third-order valence-electron chi connectivity index (χ3n) is 5.17. The second kappa shape index (κ2) is 7.16. The maximum atomic E-state index is 13.1. The summed E-state index contributed by atoms with van der Waals surface area (Å²) in [5.41, 5.74) is 1.57. The summed E-state index contributed by atoms with van der Waals surface area (Å²) in [5, 5.41) is 9.65. The van der Waals surface area contributed by atoms with Gasteiger partial charge in [0.05, 0.1) is 4.90 Å². The quantitative estimate of drug-likeness (QED) is 0.700. The summed E-state index contributed by atoms with van der Waals surface area (Å²) in [5.74, 6) is -1.70. The Kier molecular flexibility index (Phi) is 4.79. The van der Waals surface area contributed by atoms with Gasteiger partial charge in [0.2, 0.25) is 15.8 Å². The molecule has 0 aliphatic carbocycles. The van der Waals surface area contributed by atoms with E-state index >= 15 is 0 Å². The maximum Gasteiger partial charge on any atom is 0.372 e. The number of carboxylic acids is 1. The minimum Gasteiger partial charge on any atom is -0.475 e. The number of aryl methyl sites for hydroxylation is 1. The number of hydrogen-bond donors (Lipinski definition) is 1. The van der Waals surface area contributed by atoms with Gasteiger partial charge in [-0.2, -0.15) is 4.31 Å². The second-order valence-corrected chi connectivity index (χ2v) is 8.82. The number of rotatable bonds is 4. The van der Waals surface area contributed by atoms with E-state index in [1.807, 2.05) is 4.90 Å². The van der Waals surface area contributed by atoms with Crippen molar-refractivity contribution in [3.63, 3.8) is 0 Å². The molecule has 1 aliphatic heterocycles. The topological polar surface area (TPSA) is 91.1 Å². The van der Waals surface area contributed by atoms with Gasteiger partial charge < -0.3 is 14.4 Å². The van der Waals surface area contributed by atoms with Crippen LogP contribution in [0.5, 0.6) is 0 Å². The van der Waals surface area contributed by atoms with E-state index in [4.69, 9.17) is 4.42 Å². The normalized spacial score (nSPS) is 15.7. The Labute approximate surface area is 167 Å². The molecule has 1 fully saturated rings. The lowest BCUT2D eigenvalue weighted by Gasteiger charge is -2.35. The van der Waals surface area contributed by atoms with Crippen LogP contribution in [0.4, 0.5) is 10.1 Å². The SMILES string of the molecule is Cc1c(C(=O)O)oc2ccc(S(=O)(=O)N3CCN(c4ccc(F)cc4)CC3)cc12. The second-order valence-electron chi connectivity index (χ2n) is 6.89. The molecule has 1 aromatic heterocycles. The van der Waals surface area contributed by atoms with Crippen molar-refractivity contribution in [3.05, 3.63) is 59.6 Å². The molecule has 0 radical (unpaired) electrons. The van der Waals surface area contributed by atoms with Gasteiger partial charge in [0.15, 0.2) is 0 Å². The molecule has 0 saturated carbocycles. The number of aromatic carboxylic acids is 1. The van der Waals surface area contributed by atoms with Crippen molar-refractivity contribution in [1.82, 2.24) is 4.31 Å². The van der Waals surface area contributed by atoms with Crippen LogP contribution in [0, 0.1) is 12.7 Å². The minimum absolute atomic E-state index is 0.0982. The molecule has 1 N–H and O–H groups in total. The van der Waals surface area contributed by atoms with Gasteiger partial charge in [0.1, 0.15) is 11.4 Å². The number of nitrogens with zero attached hydrogens (tertiary/aromatic N) is 2. The average molecular weight is 418 g/mol. The van der Waals surface area contributed by atoms with Crippen LogP contribution in [0.15, 0.2) is 51.8 Å². The molecule has 2 aromatic carbocycles. The highest BCUT2D eigenvalue weighted by Crippen LogP contribution is 2.29. The van der Waals surface area contributed by atoms with Crippen molar-refractivity contribution in [2.75, 3.05) is 31.1 Å². The molecule has 3 aromatic rings. The molecule has 2 heterocycles. The minimum atomic E-state index is -3.74. The molecule has 0 atom stereocenters. The van der Waals surface area contributed by atoms with Crippen molar-refractivity contribution < 1.29 is 27.1 Å². The number of anilines is 1. The highest BCUT2D eigenvalue weighted by Gasteiger charge is 2.29. The number of fused-ring (bicyclic) bond motifs is 1. The molecule has 0 spiro atoms. The predicted molar refractivity (Wildman–Crippen MR) is 105 cm³/mol. The first-order valence-corrected chi connectivity index (χ1v) is 10.5. The van der Waals surface area contributed by atoms with Gasteiger partial charge in [0, 0.05) is 42.8 Å². The van der Waals surface area contributed by atoms with Crippen molar-refractivity contribution in [3.8, 4) is 0 Å². The standard InChI is InChI=1S/C20H19FN2O5S/c1-13-17-12-16(6-7-18(17)28-19(13)20(24)25)29(26,27)23-10-8-22(9-11-23)15-4-2-14(21)3-5-15/h2-7,12H,8-11H2,1H3,(H,24,25). The van der Waals surface area contributed by atoms with Crippen LogP contribution in [-0.4, -0.2) is 50.0 Å². The number of benzene rings is 2. The van der Waals surface area contributed by atoms with Crippen LogP contribution in [0.25, 0.3) is 11.0 Å². The summed E-state index contributed by atoms with van der Waals surface area (Å²) in [6.45, 7) is 3.15. The van der Waals surface area contributed by atoms with Crippen LogP contribution >= 0.6 is 0 Å². The predicted octanol–water partition coefficient (Wildman–Crippen LogP) is 3.09. The molecule has 4 rings (SSSR count). The fourth-order valence-corrected chi connectivity index (χ4v) is 5.00. The fourth-order valence-electron chi connectivity index (χ4n) is 3.55. The van der Waals surface area contributed by atoms with Gasteiger partial charge in [-0.25, -0.2) is 17.6 Å². The van der Waals surface area contributed by atoms with E-state index in [0.29, 0.717) is 42.7 Å². The highest BCUT2D eigenvalue weighted by atomic mass is 32.2. The largest absolute Gasteiger partial charge is 0.475 e. The number of furan rings is 1. The summed E-state index contributed by atoms with van der Waals surface area (Å²) in [4.78, 5) is 13.3. The summed E-state index contributed by atoms with van der Waals surface area (Å²) in [6, 6.07) is 10.5. The first kappa shape index (κ1) is 19.4. The summed E-state index contributed by atoms with van der Waals surface area (Å²) < 4.78 is 46.0. The molecule has 0 unspecified atom stereocenters. The molecule has 1 aliphatic rings. The van der Waals surface area contributed by atoms with Crippen LogP contribution in [-0.2, 0) is 10.0 Å². The molecular formula is C20H19FN2O5S.